The van der Waals surface area contributed by atoms with Crippen LogP contribution in [0, 0.1) is 11.3 Å². The van der Waals surface area contributed by atoms with Crippen LogP contribution in [-0.2, 0) is 16.0 Å². The first-order chi connectivity index (χ1) is 8.99. The number of ketones is 1. The van der Waals surface area contributed by atoms with Crippen molar-refractivity contribution in [2.24, 2.45) is 5.73 Å². The van der Waals surface area contributed by atoms with Crippen molar-refractivity contribution in [2.75, 3.05) is 0 Å². The second-order valence-corrected chi connectivity index (χ2v) is 4.19. The number of nitrogens with two attached hydrogens (primary N) is 1. The molecule has 1 unspecified atom stereocenters. The quantitative estimate of drug-likeness (QED) is 0.290. The Morgan fingerprint density at radius 3 is 2.42 bits per heavy atom. The Morgan fingerprint density at radius 1 is 1.42 bits per heavy atom. The molecule has 5 nitrogen and oxygen atoms in total. The van der Waals surface area contributed by atoms with Crippen LogP contribution in [0.25, 0.3) is 0 Å². The Bertz CT molecular complexity index is 468. The van der Waals surface area contributed by atoms with Crippen molar-refractivity contribution >= 4 is 17.9 Å². The highest BCUT2D eigenvalue weighted by Crippen LogP contribution is 2.19. The first-order valence-electron chi connectivity index (χ1n) is 5.96. The average Bonchev–Trinajstić information content (AvgIpc) is 2.41. The number of hydrogen-bond donors (Lipinski definition) is 3. The van der Waals surface area contributed by atoms with Crippen LogP contribution in [0.15, 0.2) is 24.3 Å². The molecule has 0 aromatic heterocycles. The van der Waals surface area contributed by atoms with Crippen molar-refractivity contribution in [2.45, 2.75) is 25.9 Å². The van der Waals surface area contributed by atoms with Gasteiger partial charge in [-0.1, -0.05) is 31.2 Å². The first-order valence-corrected chi connectivity index (χ1v) is 5.96. The molecular formula is C14H17N2O3. The summed E-state index contributed by atoms with van der Waals surface area (Å²) in [5.41, 5.74) is 6.69. The van der Waals surface area contributed by atoms with Crippen molar-refractivity contribution in [3.05, 3.63) is 41.3 Å². The number of benzene rings is 1. The van der Waals surface area contributed by atoms with E-state index in [4.69, 9.17) is 11.1 Å². The zero-order valence-corrected chi connectivity index (χ0v) is 10.7. The normalized spacial score (nSPS) is 12.2. The van der Waals surface area contributed by atoms with Gasteiger partial charge in [0.05, 0.1) is 5.92 Å². The molecule has 4 N–H and O–H groups in total. The van der Waals surface area contributed by atoms with Gasteiger partial charge in [-0.15, -0.1) is 0 Å². The second kappa shape index (κ2) is 6.80. The van der Waals surface area contributed by atoms with Crippen LogP contribution in [0.2, 0.25) is 0 Å². The standard InChI is InChI=1S/C14H17N2O3/c1-2-11(13(19)8-17)10-5-3-9(4-6-10)7-12(18)14(15)16/h3-6,8,12,18H,2,7H2,1H3,(H3,15,16). The smallest absolute Gasteiger partial charge is 0.207 e. The van der Waals surface area contributed by atoms with Gasteiger partial charge in [-0.3, -0.25) is 15.0 Å². The predicted octanol–water partition coefficient (Wildman–Crippen LogP) is 0.627. The summed E-state index contributed by atoms with van der Waals surface area (Å²) >= 11 is 0. The highest BCUT2D eigenvalue weighted by molar-refractivity contribution is 6.32. The van der Waals surface area contributed by atoms with Crippen LogP contribution in [0.3, 0.4) is 0 Å². The molecule has 0 amide bonds. The van der Waals surface area contributed by atoms with Gasteiger partial charge in [-0.25, -0.2) is 0 Å². The number of rotatable bonds is 7. The SMILES string of the molecule is CC[C](C(=O)C=O)c1ccc(CC(O)C(=N)N)cc1. The van der Waals surface area contributed by atoms with Gasteiger partial charge in [-0.05, 0) is 17.5 Å². The van der Waals surface area contributed by atoms with Crippen molar-refractivity contribution in [3.8, 4) is 0 Å². The van der Waals surface area contributed by atoms with Gasteiger partial charge in [0.25, 0.3) is 0 Å². The van der Waals surface area contributed by atoms with Crippen LogP contribution >= 0.6 is 0 Å². The lowest BCUT2D eigenvalue weighted by Gasteiger charge is -2.12. The number of nitrogens with one attached hydrogen (secondary N) is 1. The van der Waals surface area contributed by atoms with E-state index in [1.54, 1.807) is 24.3 Å². The number of Topliss-reactive ketones (excluding diaryl/α,β-unsaturated/α-hetero) is 1. The zero-order valence-electron chi connectivity index (χ0n) is 10.7. The van der Waals surface area contributed by atoms with Crippen LogP contribution in [0.4, 0.5) is 0 Å². The molecule has 101 valence electrons. The summed E-state index contributed by atoms with van der Waals surface area (Å²) in [7, 11) is 0. The molecule has 0 heterocycles. The summed E-state index contributed by atoms with van der Waals surface area (Å²) < 4.78 is 0. The first kappa shape index (κ1) is 15.0. The number of hydrogen-bond acceptors (Lipinski definition) is 4. The molecule has 0 fully saturated rings. The van der Waals surface area contributed by atoms with Crippen molar-refractivity contribution in [1.82, 2.24) is 0 Å². The largest absolute Gasteiger partial charge is 0.385 e. The third-order valence-corrected chi connectivity index (χ3v) is 2.85. The van der Waals surface area contributed by atoms with Crippen LogP contribution in [0.5, 0.6) is 0 Å². The van der Waals surface area contributed by atoms with Crippen LogP contribution in [-0.4, -0.2) is 29.1 Å². The van der Waals surface area contributed by atoms with Crippen molar-refractivity contribution < 1.29 is 14.7 Å². The number of aliphatic hydroxyl groups excluding tert-OH is 1. The lowest BCUT2D eigenvalue weighted by atomic mass is 9.91. The van der Waals surface area contributed by atoms with E-state index in [1.807, 2.05) is 6.92 Å². The minimum Gasteiger partial charge on any atom is -0.385 e. The Morgan fingerprint density at radius 2 is 2.00 bits per heavy atom. The van der Waals surface area contributed by atoms with E-state index in [1.165, 1.54) is 0 Å². The summed E-state index contributed by atoms with van der Waals surface area (Å²) in [6.07, 6.45) is 0.0369. The monoisotopic (exact) mass is 261 g/mol. The van der Waals surface area contributed by atoms with Crippen molar-refractivity contribution in [3.63, 3.8) is 0 Å². The summed E-state index contributed by atoms with van der Waals surface area (Å²) in [5, 5.41) is 16.6. The Hall–Kier alpha value is -2.01. The molecule has 0 saturated carbocycles. The van der Waals surface area contributed by atoms with E-state index in [0.29, 0.717) is 24.2 Å². The van der Waals surface area contributed by atoms with Gasteiger partial charge in [0, 0.05) is 6.42 Å². The fourth-order valence-electron chi connectivity index (χ4n) is 1.77. The molecule has 0 aliphatic carbocycles. The maximum atomic E-state index is 11.4. The highest BCUT2D eigenvalue weighted by atomic mass is 16.3. The van der Waals surface area contributed by atoms with Gasteiger partial charge in [0.15, 0.2) is 6.29 Å². The van der Waals surface area contributed by atoms with Gasteiger partial charge >= 0.3 is 0 Å². The molecule has 0 aliphatic rings. The van der Waals surface area contributed by atoms with E-state index in [9.17, 15) is 14.7 Å². The van der Waals surface area contributed by atoms with Gasteiger partial charge < -0.3 is 10.8 Å². The third kappa shape index (κ3) is 3.99. The number of amidine groups is 1. The highest BCUT2D eigenvalue weighted by Gasteiger charge is 2.18. The molecule has 1 rings (SSSR count). The fourth-order valence-corrected chi connectivity index (χ4v) is 1.77. The molecule has 0 bridgehead atoms. The van der Waals surface area contributed by atoms with Gasteiger partial charge in [0.2, 0.25) is 5.78 Å². The molecular weight excluding hydrogens is 244 g/mol. The minimum absolute atomic E-state index is 0.249. The molecule has 1 radical (unpaired) electrons. The maximum Gasteiger partial charge on any atom is 0.207 e. The van der Waals surface area contributed by atoms with E-state index < -0.39 is 11.9 Å². The molecule has 1 aromatic rings. The summed E-state index contributed by atoms with van der Waals surface area (Å²) in [6, 6.07) is 6.94. The number of carbonyl (C=O) groups excluding carboxylic acids is 2. The Labute approximate surface area is 111 Å². The van der Waals surface area contributed by atoms with Gasteiger partial charge in [0.1, 0.15) is 11.9 Å². The number of aldehydes is 1. The third-order valence-electron chi connectivity index (χ3n) is 2.85. The Kier molecular flexibility index (Phi) is 5.38. The van der Waals surface area contributed by atoms with Crippen LogP contribution < -0.4 is 5.73 Å². The maximum absolute atomic E-state index is 11.4. The van der Waals surface area contributed by atoms with Crippen LogP contribution in [0.1, 0.15) is 24.5 Å². The lowest BCUT2D eigenvalue weighted by Crippen LogP contribution is -2.29. The Balaban J connectivity index is 2.83. The zero-order chi connectivity index (χ0) is 14.4. The van der Waals surface area contributed by atoms with Crippen molar-refractivity contribution in [1.29, 1.82) is 5.41 Å². The summed E-state index contributed by atoms with van der Waals surface area (Å²) in [6.45, 7) is 1.81. The minimum atomic E-state index is -1.00. The van der Waals surface area contributed by atoms with E-state index in [-0.39, 0.29) is 12.3 Å². The molecule has 1 atom stereocenters. The van der Waals surface area contributed by atoms with Gasteiger partial charge in [-0.2, -0.15) is 0 Å². The summed E-state index contributed by atoms with van der Waals surface area (Å²) in [4.78, 5) is 21.9. The van der Waals surface area contributed by atoms with E-state index in [0.717, 1.165) is 5.56 Å². The fraction of sp³-hybridized carbons (Fsp3) is 0.286. The van der Waals surface area contributed by atoms with E-state index in [2.05, 4.69) is 0 Å². The second-order valence-electron chi connectivity index (χ2n) is 4.19. The summed E-state index contributed by atoms with van der Waals surface area (Å²) in [5.74, 6) is -0.325. The lowest BCUT2D eigenvalue weighted by molar-refractivity contribution is -0.128. The topological polar surface area (TPSA) is 104 Å². The molecule has 5 heteroatoms. The number of aliphatic hydroxyl groups is 1. The molecule has 0 spiro atoms. The molecule has 19 heavy (non-hydrogen) atoms. The average molecular weight is 261 g/mol. The predicted molar refractivity (Wildman–Crippen MR) is 71.8 cm³/mol. The molecule has 1 aromatic carbocycles. The number of carbonyl (C=O) groups is 2. The van der Waals surface area contributed by atoms with E-state index >= 15 is 0 Å². The molecule has 0 aliphatic heterocycles. The molecule has 0 saturated heterocycles.